The van der Waals surface area contributed by atoms with Crippen molar-refractivity contribution in [2.24, 2.45) is 10.2 Å². The highest BCUT2D eigenvalue weighted by Crippen LogP contribution is 2.35. The molecular formula is C24H21N3O4. The minimum absolute atomic E-state index is 0.125. The van der Waals surface area contributed by atoms with E-state index in [4.69, 9.17) is 9.47 Å². The summed E-state index contributed by atoms with van der Waals surface area (Å²) < 4.78 is 11.2. The average molecular weight is 415 g/mol. The third kappa shape index (κ3) is 4.72. The second kappa shape index (κ2) is 9.13. The van der Waals surface area contributed by atoms with E-state index in [2.05, 4.69) is 15.2 Å². The zero-order valence-electron chi connectivity index (χ0n) is 16.9. The Labute approximate surface area is 179 Å². The Hall–Kier alpha value is -4.13. The van der Waals surface area contributed by atoms with Crippen molar-refractivity contribution in [1.82, 2.24) is 4.98 Å². The fraction of sp³-hybridized carbons (Fsp3) is 0.125. The number of fused-ring (bicyclic) bond motifs is 1. The van der Waals surface area contributed by atoms with E-state index in [-0.39, 0.29) is 11.6 Å². The molecule has 0 aliphatic heterocycles. The molecule has 156 valence electrons. The zero-order chi connectivity index (χ0) is 21.6. The number of aromatic hydroxyl groups is 1. The van der Waals surface area contributed by atoms with Crippen molar-refractivity contribution in [1.29, 1.82) is 0 Å². The van der Waals surface area contributed by atoms with E-state index in [1.165, 1.54) is 0 Å². The molecule has 0 bridgehead atoms. The summed E-state index contributed by atoms with van der Waals surface area (Å²) in [6, 6.07) is 21.6. The van der Waals surface area contributed by atoms with Gasteiger partial charge in [0.2, 0.25) is 5.88 Å². The van der Waals surface area contributed by atoms with Gasteiger partial charge in [-0.05, 0) is 55.0 Å². The molecule has 0 aliphatic rings. The lowest BCUT2D eigenvalue weighted by Gasteiger charge is -2.08. The van der Waals surface area contributed by atoms with Crippen LogP contribution in [-0.4, -0.2) is 22.6 Å². The zero-order valence-corrected chi connectivity index (χ0v) is 16.9. The molecule has 1 heterocycles. The predicted octanol–water partition coefficient (Wildman–Crippen LogP) is 5.78. The molecule has 7 nitrogen and oxygen atoms in total. The minimum atomic E-state index is -0.497. The lowest BCUT2D eigenvalue weighted by Crippen LogP contribution is -1.98. The number of aromatic amines is 1. The van der Waals surface area contributed by atoms with Gasteiger partial charge >= 0.3 is 0 Å². The van der Waals surface area contributed by atoms with Crippen molar-refractivity contribution >= 4 is 22.5 Å². The number of hydrogen-bond donors (Lipinski definition) is 2. The van der Waals surface area contributed by atoms with Gasteiger partial charge in [-0.1, -0.05) is 30.3 Å². The maximum absolute atomic E-state index is 12.4. The van der Waals surface area contributed by atoms with Crippen LogP contribution in [0.15, 0.2) is 83.0 Å². The van der Waals surface area contributed by atoms with Crippen molar-refractivity contribution in [2.75, 3.05) is 6.61 Å². The largest absolute Gasteiger partial charge is 0.494 e. The van der Waals surface area contributed by atoms with E-state index in [1.54, 1.807) is 30.3 Å². The SMILES string of the molecule is CCOc1ccc(OCc2ccc(C(=O)N=Nc3c(O)[nH]c4ccccc34)cc2)cc1. The number of hydrogen-bond acceptors (Lipinski definition) is 5. The number of H-pyrrole nitrogens is 1. The summed E-state index contributed by atoms with van der Waals surface area (Å²) in [5.74, 6) is 0.909. The predicted molar refractivity (Wildman–Crippen MR) is 117 cm³/mol. The molecule has 0 spiro atoms. The quantitative estimate of drug-likeness (QED) is 0.374. The third-order valence-electron chi connectivity index (χ3n) is 4.64. The number of azo groups is 1. The van der Waals surface area contributed by atoms with E-state index in [0.717, 1.165) is 22.6 Å². The van der Waals surface area contributed by atoms with Crippen LogP contribution in [0, 0.1) is 0 Å². The Morgan fingerprint density at radius 3 is 2.32 bits per heavy atom. The Kier molecular flexibility index (Phi) is 5.93. The number of ether oxygens (including phenoxy) is 2. The first kappa shape index (κ1) is 20.2. The molecule has 7 heteroatoms. The van der Waals surface area contributed by atoms with Gasteiger partial charge in [0.05, 0.1) is 12.1 Å². The van der Waals surface area contributed by atoms with E-state index in [9.17, 15) is 9.90 Å². The fourth-order valence-electron chi connectivity index (χ4n) is 3.08. The van der Waals surface area contributed by atoms with Crippen LogP contribution < -0.4 is 9.47 Å². The second-order valence-electron chi connectivity index (χ2n) is 6.76. The van der Waals surface area contributed by atoms with Crippen LogP contribution in [0.2, 0.25) is 0 Å². The average Bonchev–Trinajstić information content (AvgIpc) is 3.12. The molecular weight excluding hydrogens is 394 g/mol. The summed E-state index contributed by atoms with van der Waals surface area (Å²) in [6.45, 7) is 2.92. The highest BCUT2D eigenvalue weighted by molar-refractivity contribution is 5.96. The number of nitrogens with one attached hydrogen (secondary N) is 1. The van der Waals surface area contributed by atoms with Crippen molar-refractivity contribution in [3.63, 3.8) is 0 Å². The van der Waals surface area contributed by atoms with Crippen LogP contribution in [0.4, 0.5) is 5.69 Å². The highest BCUT2D eigenvalue weighted by Gasteiger charge is 2.11. The van der Waals surface area contributed by atoms with E-state index in [1.807, 2.05) is 49.4 Å². The first-order valence-corrected chi connectivity index (χ1v) is 9.84. The van der Waals surface area contributed by atoms with E-state index in [0.29, 0.717) is 24.2 Å². The van der Waals surface area contributed by atoms with Gasteiger partial charge in [-0.3, -0.25) is 4.79 Å². The minimum Gasteiger partial charge on any atom is -0.494 e. The van der Waals surface area contributed by atoms with Gasteiger partial charge in [0, 0.05) is 10.9 Å². The van der Waals surface area contributed by atoms with Gasteiger partial charge in [-0.15, -0.1) is 10.2 Å². The molecule has 2 N–H and O–H groups in total. The number of nitrogens with zero attached hydrogens (tertiary/aromatic N) is 2. The van der Waals surface area contributed by atoms with Gasteiger partial charge < -0.3 is 19.6 Å². The maximum atomic E-state index is 12.4. The van der Waals surface area contributed by atoms with Crippen molar-refractivity contribution in [3.8, 4) is 17.4 Å². The number of benzene rings is 3. The molecule has 0 fully saturated rings. The number of para-hydroxylation sites is 1. The van der Waals surface area contributed by atoms with Crippen LogP contribution in [-0.2, 0) is 6.61 Å². The standard InChI is InChI=1S/C24H21N3O4/c1-2-30-18-11-13-19(14-12-18)31-15-16-7-9-17(10-8-16)23(28)27-26-22-20-5-3-4-6-21(20)25-24(22)29/h3-14,25,29H,2,15H2,1H3. The molecule has 1 amide bonds. The van der Waals surface area contributed by atoms with Gasteiger partial charge in [-0.25, -0.2) is 0 Å². The fourth-order valence-corrected chi connectivity index (χ4v) is 3.08. The van der Waals surface area contributed by atoms with Gasteiger partial charge in [-0.2, -0.15) is 0 Å². The molecule has 1 aromatic heterocycles. The summed E-state index contributed by atoms with van der Waals surface area (Å²) in [5, 5.41) is 18.4. The number of amides is 1. The third-order valence-corrected chi connectivity index (χ3v) is 4.64. The Bertz CT molecular complexity index is 1210. The summed E-state index contributed by atoms with van der Waals surface area (Å²) in [5.41, 5.74) is 2.27. The summed E-state index contributed by atoms with van der Waals surface area (Å²) in [7, 11) is 0. The van der Waals surface area contributed by atoms with Crippen LogP contribution >= 0.6 is 0 Å². The molecule has 0 saturated heterocycles. The van der Waals surface area contributed by atoms with Gasteiger partial charge in [0.25, 0.3) is 5.91 Å². The first-order chi connectivity index (χ1) is 15.1. The molecule has 3 aromatic carbocycles. The lowest BCUT2D eigenvalue weighted by molar-refractivity contribution is 0.0995. The van der Waals surface area contributed by atoms with Crippen molar-refractivity contribution in [3.05, 3.63) is 83.9 Å². The van der Waals surface area contributed by atoms with Gasteiger partial charge in [0.15, 0.2) is 5.69 Å². The molecule has 0 saturated carbocycles. The van der Waals surface area contributed by atoms with E-state index < -0.39 is 5.91 Å². The van der Waals surface area contributed by atoms with Crippen LogP contribution in [0.5, 0.6) is 17.4 Å². The molecule has 4 aromatic rings. The molecule has 4 rings (SSSR count). The number of rotatable bonds is 7. The maximum Gasteiger partial charge on any atom is 0.295 e. The molecule has 0 atom stereocenters. The first-order valence-electron chi connectivity index (χ1n) is 9.84. The Balaban J connectivity index is 1.38. The highest BCUT2D eigenvalue weighted by atomic mass is 16.5. The van der Waals surface area contributed by atoms with Crippen molar-refractivity contribution in [2.45, 2.75) is 13.5 Å². The van der Waals surface area contributed by atoms with E-state index >= 15 is 0 Å². The summed E-state index contributed by atoms with van der Waals surface area (Å²) in [6.07, 6.45) is 0. The summed E-state index contributed by atoms with van der Waals surface area (Å²) >= 11 is 0. The molecule has 0 aliphatic carbocycles. The number of carbonyl (C=O) groups excluding carboxylic acids is 1. The van der Waals surface area contributed by atoms with Gasteiger partial charge in [0.1, 0.15) is 18.1 Å². The molecule has 0 unspecified atom stereocenters. The molecule has 31 heavy (non-hydrogen) atoms. The van der Waals surface area contributed by atoms with Crippen LogP contribution in [0.25, 0.3) is 10.9 Å². The number of carbonyl (C=O) groups is 1. The Morgan fingerprint density at radius 2 is 1.61 bits per heavy atom. The van der Waals surface area contributed by atoms with Crippen LogP contribution in [0.1, 0.15) is 22.8 Å². The topological polar surface area (TPSA) is 96.3 Å². The summed E-state index contributed by atoms with van der Waals surface area (Å²) in [4.78, 5) is 15.2. The van der Waals surface area contributed by atoms with Crippen LogP contribution in [0.3, 0.4) is 0 Å². The Morgan fingerprint density at radius 1 is 0.935 bits per heavy atom. The monoisotopic (exact) mass is 415 g/mol. The lowest BCUT2D eigenvalue weighted by atomic mass is 10.1. The smallest absolute Gasteiger partial charge is 0.295 e. The number of aromatic nitrogens is 1. The van der Waals surface area contributed by atoms with Crippen molar-refractivity contribution < 1.29 is 19.4 Å². The normalized spacial score (nSPS) is 11.1. The second-order valence-corrected chi connectivity index (χ2v) is 6.76. The molecule has 0 radical (unpaired) electrons.